The average Bonchev–Trinajstić information content (AvgIpc) is 3.02. The van der Waals surface area contributed by atoms with Gasteiger partial charge >= 0.3 is 0 Å². The van der Waals surface area contributed by atoms with Crippen LogP contribution in [0, 0.1) is 0 Å². The molecule has 0 heterocycles. The van der Waals surface area contributed by atoms with Gasteiger partial charge in [0, 0.05) is 6.04 Å². The van der Waals surface area contributed by atoms with E-state index in [1.165, 1.54) is 56.5 Å². The van der Waals surface area contributed by atoms with Gasteiger partial charge in [0.1, 0.15) is 0 Å². The van der Waals surface area contributed by atoms with E-state index in [1.54, 1.807) is 5.57 Å². The second kappa shape index (κ2) is 16.8. The number of hydrogen-bond acceptors (Lipinski definition) is 1. The largest absolute Gasteiger partial charge is 0.384 e. The topological polar surface area (TPSA) is 12.0 Å². The summed E-state index contributed by atoms with van der Waals surface area (Å²) in [6.07, 6.45) is 32.7. The molecule has 0 saturated heterocycles. The predicted molar refractivity (Wildman–Crippen MR) is 185 cm³/mol. The van der Waals surface area contributed by atoms with Crippen LogP contribution in [-0.2, 0) is 0 Å². The fourth-order valence-corrected chi connectivity index (χ4v) is 5.99. The molecule has 0 fully saturated rings. The van der Waals surface area contributed by atoms with Crippen LogP contribution in [0.15, 0.2) is 106 Å². The van der Waals surface area contributed by atoms with Gasteiger partial charge in [0.15, 0.2) is 0 Å². The monoisotopic (exact) mass is 547 g/mol. The van der Waals surface area contributed by atoms with Crippen molar-refractivity contribution in [3.8, 4) is 0 Å². The highest BCUT2D eigenvalue weighted by Gasteiger charge is 2.12. The zero-order valence-corrected chi connectivity index (χ0v) is 26.7. The van der Waals surface area contributed by atoms with Crippen molar-refractivity contribution in [2.75, 3.05) is 0 Å². The predicted octanol–water partition coefficient (Wildman–Crippen LogP) is 11.9. The number of nitrogens with one attached hydrogen (secondary N) is 1. The molecule has 1 atom stereocenters. The van der Waals surface area contributed by atoms with E-state index in [-0.39, 0.29) is 0 Å². The lowest BCUT2D eigenvalue weighted by molar-refractivity contribution is 0.688. The Kier molecular flexibility index (Phi) is 13.2. The van der Waals surface area contributed by atoms with E-state index in [9.17, 15) is 0 Å². The minimum absolute atomic E-state index is 0.356. The minimum Gasteiger partial charge on any atom is -0.384 e. The number of allylic oxidation sites excluding steroid dienone is 11. The molecule has 1 aromatic rings. The summed E-state index contributed by atoms with van der Waals surface area (Å²) >= 11 is 0. The molecule has 0 aromatic heterocycles. The number of rotatable bonds is 14. The standard InChI is InChI=1S/C40H53N/c1-8-32(9-2)33(10-3)19-15-31-17-21-38(25-26-41-40-24-23-35(12-5)37(14-7)29-40)39(28-31)22-18-30-16-20-34(11-4)36(13-6)27-30/h8,15,17-19,21-23,25-29,40-41H,1,9-14,16,20,24H2,2-7H3/b19-15-,22-18-,26-25+,33-32+. The Morgan fingerprint density at radius 3 is 2.27 bits per heavy atom. The Labute approximate surface area is 251 Å². The molecule has 2 aliphatic rings. The number of benzene rings is 1. The first-order valence-corrected chi connectivity index (χ1v) is 16.1. The maximum Gasteiger partial charge on any atom is 0.0479 e. The Morgan fingerprint density at radius 2 is 1.61 bits per heavy atom. The maximum absolute atomic E-state index is 4.02. The summed E-state index contributed by atoms with van der Waals surface area (Å²) in [4.78, 5) is 0. The van der Waals surface area contributed by atoms with Gasteiger partial charge in [-0.2, -0.15) is 0 Å². The summed E-state index contributed by atoms with van der Waals surface area (Å²) in [5, 5.41) is 3.65. The molecule has 1 N–H and O–H groups in total. The van der Waals surface area contributed by atoms with Crippen molar-refractivity contribution in [1.29, 1.82) is 0 Å². The van der Waals surface area contributed by atoms with Crippen molar-refractivity contribution in [3.63, 3.8) is 0 Å². The Morgan fingerprint density at radius 1 is 0.829 bits per heavy atom. The molecule has 218 valence electrons. The van der Waals surface area contributed by atoms with E-state index in [2.05, 4.69) is 126 Å². The fourth-order valence-electron chi connectivity index (χ4n) is 5.99. The van der Waals surface area contributed by atoms with Crippen LogP contribution in [0.4, 0.5) is 0 Å². The average molecular weight is 548 g/mol. The highest BCUT2D eigenvalue weighted by molar-refractivity contribution is 5.70. The molecule has 0 amide bonds. The van der Waals surface area contributed by atoms with Crippen LogP contribution < -0.4 is 5.32 Å². The summed E-state index contributed by atoms with van der Waals surface area (Å²) in [6, 6.07) is 7.17. The third-order valence-electron chi connectivity index (χ3n) is 8.59. The van der Waals surface area contributed by atoms with Crippen molar-refractivity contribution < 1.29 is 0 Å². The van der Waals surface area contributed by atoms with Crippen molar-refractivity contribution in [2.45, 2.75) is 105 Å². The molecule has 0 aliphatic heterocycles. The molecular weight excluding hydrogens is 494 g/mol. The molecule has 1 aromatic carbocycles. The summed E-state index contributed by atoms with van der Waals surface area (Å²) in [7, 11) is 0. The Bertz CT molecular complexity index is 1300. The lowest BCUT2D eigenvalue weighted by Crippen LogP contribution is -2.24. The van der Waals surface area contributed by atoms with Crippen molar-refractivity contribution >= 4 is 18.2 Å². The van der Waals surface area contributed by atoms with Gasteiger partial charge in [-0.1, -0.05) is 114 Å². The zero-order valence-electron chi connectivity index (χ0n) is 26.7. The van der Waals surface area contributed by atoms with Crippen LogP contribution in [0.3, 0.4) is 0 Å². The summed E-state index contributed by atoms with van der Waals surface area (Å²) < 4.78 is 0. The van der Waals surface area contributed by atoms with Gasteiger partial charge in [0.2, 0.25) is 0 Å². The van der Waals surface area contributed by atoms with E-state index in [1.807, 2.05) is 6.08 Å². The van der Waals surface area contributed by atoms with Crippen LogP contribution in [0.2, 0.25) is 0 Å². The van der Waals surface area contributed by atoms with Gasteiger partial charge < -0.3 is 5.32 Å². The van der Waals surface area contributed by atoms with E-state index in [0.717, 1.165) is 51.4 Å². The molecule has 0 saturated carbocycles. The van der Waals surface area contributed by atoms with E-state index < -0.39 is 0 Å². The summed E-state index contributed by atoms with van der Waals surface area (Å²) in [6.45, 7) is 17.5. The van der Waals surface area contributed by atoms with Crippen LogP contribution >= 0.6 is 0 Å². The first kappa shape index (κ1) is 32.2. The maximum atomic E-state index is 4.02. The first-order valence-electron chi connectivity index (χ1n) is 16.1. The molecule has 0 bridgehead atoms. The molecule has 1 unspecified atom stereocenters. The van der Waals surface area contributed by atoms with Crippen LogP contribution in [0.1, 0.15) is 116 Å². The van der Waals surface area contributed by atoms with Crippen LogP contribution in [0.25, 0.3) is 18.2 Å². The van der Waals surface area contributed by atoms with Crippen molar-refractivity contribution in [3.05, 3.63) is 123 Å². The normalized spacial score (nSPS) is 18.6. The van der Waals surface area contributed by atoms with Crippen LogP contribution in [-0.4, -0.2) is 6.04 Å². The molecule has 41 heavy (non-hydrogen) atoms. The Balaban J connectivity index is 1.90. The zero-order chi connectivity index (χ0) is 29.6. The van der Waals surface area contributed by atoms with E-state index in [0.29, 0.717) is 6.04 Å². The highest BCUT2D eigenvalue weighted by Crippen LogP contribution is 2.30. The van der Waals surface area contributed by atoms with Crippen molar-refractivity contribution in [1.82, 2.24) is 5.32 Å². The van der Waals surface area contributed by atoms with Crippen LogP contribution in [0.5, 0.6) is 0 Å². The third kappa shape index (κ3) is 9.09. The molecule has 3 rings (SSSR count). The molecule has 1 heteroatoms. The smallest absolute Gasteiger partial charge is 0.0479 e. The Hall–Kier alpha value is -3.32. The third-order valence-corrected chi connectivity index (χ3v) is 8.59. The molecule has 0 spiro atoms. The quantitative estimate of drug-likeness (QED) is 0.228. The van der Waals surface area contributed by atoms with Gasteiger partial charge in [-0.05, 0) is 126 Å². The summed E-state index contributed by atoms with van der Waals surface area (Å²) in [5.41, 5.74) is 14.0. The lowest BCUT2D eigenvalue weighted by Gasteiger charge is -2.21. The highest BCUT2D eigenvalue weighted by atomic mass is 14.9. The molecule has 2 aliphatic carbocycles. The van der Waals surface area contributed by atoms with E-state index >= 15 is 0 Å². The fraction of sp³-hybridized carbons (Fsp3) is 0.400. The van der Waals surface area contributed by atoms with Gasteiger partial charge in [-0.25, -0.2) is 0 Å². The SMILES string of the molecule is C=C/C(CC)=C(\C=C/c1ccc(/C=C/NC2C=C(CC)C(CC)=CC2)c(/C=C\C2=CC(CC)=C(CC)CC2)c1)CC. The van der Waals surface area contributed by atoms with Crippen molar-refractivity contribution in [2.24, 2.45) is 0 Å². The molecule has 1 nitrogen and oxygen atoms in total. The van der Waals surface area contributed by atoms with Gasteiger partial charge in [-0.3, -0.25) is 0 Å². The first-order chi connectivity index (χ1) is 20.0. The van der Waals surface area contributed by atoms with Gasteiger partial charge in [0.25, 0.3) is 0 Å². The molecule has 0 radical (unpaired) electrons. The molecular formula is C40H53N. The summed E-state index contributed by atoms with van der Waals surface area (Å²) in [5.74, 6) is 0. The lowest BCUT2D eigenvalue weighted by atomic mass is 9.89. The minimum atomic E-state index is 0.356. The number of hydrogen-bond donors (Lipinski definition) is 1. The van der Waals surface area contributed by atoms with Gasteiger partial charge in [-0.15, -0.1) is 0 Å². The van der Waals surface area contributed by atoms with E-state index in [4.69, 9.17) is 0 Å². The second-order valence-electron chi connectivity index (χ2n) is 11.0. The second-order valence-corrected chi connectivity index (χ2v) is 11.0. The van der Waals surface area contributed by atoms with Gasteiger partial charge in [0.05, 0.1) is 0 Å².